The first-order valence-corrected chi connectivity index (χ1v) is 7.02. The fourth-order valence-electron chi connectivity index (χ4n) is 2.68. The molecule has 1 aromatic carbocycles. The first-order valence-electron chi connectivity index (χ1n) is 7.02. The molecule has 0 radical (unpaired) electrons. The van der Waals surface area contributed by atoms with Gasteiger partial charge in [0.1, 0.15) is 5.69 Å². The highest BCUT2D eigenvalue weighted by atomic mass is 16.5. The van der Waals surface area contributed by atoms with Crippen molar-refractivity contribution in [2.75, 3.05) is 10.7 Å². The topological polar surface area (TPSA) is 42.4 Å². The summed E-state index contributed by atoms with van der Waals surface area (Å²) in [6.07, 6.45) is 0.886. The zero-order chi connectivity index (χ0) is 14.3. The maximum Gasteiger partial charge on any atom is 0.349 e. The van der Waals surface area contributed by atoms with Crippen LogP contribution in [0.2, 0.25) is 0 Å². The van der Waals surface area contributed by atoms with E-state index in [0.29, 0.717) is 6.04 Å². The van der Waals surface area contributed by atoms with Crippen LogP contribution in [-0.4, -0.2) is 6.04 Å². The molecule has 1 aliphatic heterocycles. The molecule has 0 amide bonds. The summed E-state index contributed by atoms with van der Waals surface area (Å²) < 4.78 is 7.74. The number of aryl methyl sites for hydroxylation is 1. The minimum Gasteiger partial charge on any atom is -0.444 e. The Hall–Kier alpha value is -2.23. The van der Waals surface area contributed by atoms with Gasteiger partial charge in [0.15, 0.2) is 11.4 Å². The number of aromatic nitrogens is 1. The minimum absolute atomic E-state index is 0.292. The molecule has 0 atom stereocenters. The Morgan fingerprint density at radius 3 is 2.60 bits per heavy atom. The molecule has 4 nitrogen and oxygen atoms in total. The minimum atomic E-state index is 0.292. The SMILES string of the molecule is CCc1ccc2c([n+]1N)N(C(C)C)c1ccccc1O2. The van der Waals surface area contributed by atoms with Crippen LogP contribution in [0.5, 0.6) is 11.5 Å². The van der Waals surface area contributed by atoms with Crippen molar-refractivity contribution in [1.29, 1.82) is 0 Å². The van der Waals surface area contributed by atoms with Gasteiger partial charge in [-0.1, -0.05) is 19.1 Å². The van der Waals surface area contributed by atoms with Crippen LogP contribution in [0.4, 0.5) is 11.5 Å². The second-order valence-corrected chi connectivity index (χ2v) is 5.27. The van der Waals surface area contributed by atoms with E-state index in [-0.39, 0.29) is 0 Å². The molecule has 20 heavy (non-hydrogen) atoms. The molecule has 1 aromatic heterocycles. The van der Waals surface area contributed by atoms with Gasteiger partial charge in [0.2, 0.25) is 5.75 Å². The van der Waals surface area contributed by atoms with Crippen molar-refractivity contribution in [3.05, 3.63) is 42.1 Å². The number of nitrogens with zero attached hydrogens (tertiary/aromatic N) is 2. The van der Waals surface area contributed by atoms with Crippen molar-refractivity contribution >= 4 is 11.5 Å². The van der Waals surface area contributed by atoms with E-state index in [0.717, 1.165) is 35.1 Å². The zero-order valence-corrected chi connectivity index (χ0v) is 12.1. The molecule has 1 aliphatic rings. The van der Waals surface area contributed by atoms with Crippen LogP contribution < -0.4 is 20.2 Å². The number of nitrogen functional groups attached to an aromatic ring is 1. The fourth-order valence-corrected chi connectivity index (χ4v) is 2.68. The highest BCUT2D eigenvalue weighted by molar-refractivity contribution is 5.74. The summed E-state index contributed by atoms with van der Waals surface area (Å²) in [4.78, 5) is 2.23. The van der Waals surface area contributed by atoms with Gasteiger partial charge in [-0.15, -0.1) is 4.68 Å². The molecule has 0 fully saturated rings. The van der Waals surface area contributed by atoms with Crippen molar-refractivity contribution in [2.45, 2.75) is 33.2 Å². The molecule has 0 spiro atoms. The molecule has 0 saturated carbocycles. The lowest BCUT2D eigenvalue weighted by Crippen LogP contribution is -2.53. The molecule has 3 rings (SSSR count). The van der Waals surface area contributed by atoms with Crippen LogP contribution in [0.25, 0.3) is 0 Å². The first kappa shape index (κ1) is 12.8. The monoisotopic (exact) mass is 270 g/mol. The smallest absolute Gasteiger partial charge is 0.349 e. The number of pyridine rings is 1. The second-order valence-electron chi connectivity index (χ2n) is 5.27. The predicted octanol–water partition coefficient (Wildman–Crippen LogP) is 2.90. The highest BCUT2D eigenvalue weighted by Crippen LogP contribution is 2.45. The van der Waals surface area contributed by atoms with Gasteiger partial charge in [0, 0.05) is 6.42 Å². The van der Waals surface area contributed by atoms with Crippen LogP contribution in [-0.2, 0) is 6.42 Å². The summed E-state index contributed by atoms with van der Waals surface area (Å²) in [7, 11) is 0. The average Bonchev–Trinajstić information content (AvgIpc) is 2.45. The Bertz CT molecular complexity index is 652. The van der Waals surface area contributed by atoms with Gasteiger partial charge >= 0.3 is 5.82 Å². The number of hydrogen-bond donors (Lipinski definition) is 1. The Morgan fingerprint density at radius 1 is 1.15 bits per heavy atom. The highest BCUT2D eigenvalue weighted by Gasteiger charge is 2.36. The molecule has 2 N–H and O–H groups in total. The van der Waals surface area contributed by atoms with Gasteiger partial charge in [0.25, 0.3) is 0 Å². The summed E-state index contributed by atoms with van der Waals surface area (Å²) in [5.74, 6) is 8.89. The lowest BCUT2D eigenvalue weighted by molar-refractivity contribution is -0.634. The van der Waals surface area contributed by atoms with E-state index in [2.05, 4.69) is 31.7 Å². The summed E-state index contributed by atoms with van der Waals surface area (Å²) in [6.45, 7) is 6.41. The summed E-state index contributed by atoms with van der Waals surface area (Å²) in [5.41, 5.74) is 2.14. The van der Waals surface area contributed by atoms with Crippen molar-refractivity contribution in [3.63, 3.8) is 0 Å². The Morgan fingerprint density at radius 2 is 1.90 bits per heavy atom. The number of hydrogen-bond acceptors (Lipinski definition) is 3. The van der Waals surface area contributed by atoms with Gasteiger partial charge in [-0.2, -0.15) is 0 Å². The fraction of sp³-hybridized carbons (Fsp3) is 0.312. The zero-order valence-electron chi connectivity index (χ0n) is 12.1. The summed E-state index contributed by atoms with van der Waals surface area (Å²) >= 11 is 0. The van der Waals surface area contributed by atoms with Gasteiger partial charge < -0.3 is 4.74 Å². The number of rotatable bonds is 2. The lowest BCUT2D eigenvalue weighted by Gasteiger charge is -2.29. The molecule has 4 heteroatoms. The first-order chi connectivity index (χ1) is 9.63. The number of anilines is 2. The normalized spacial score (nSPS) is 12.9. The standard InChI is InChI=1S/C16H20N3O/c1-4-12-9-10-15-16(19(12)17)18(11(2)3)13-7-5-6-8-14(13)20-15/h5-11H,4,17H2,1-3H3/q+1. The number of para-hydroxylation sites is 2. The Balaban J connectivity index is 2.25. The third-order valence-electron chi connectivity index (χ3n) is 3.64. The second kappa shape index (κ2) is 4.71. The molecular formula is C16H20N3O+. The number of fused-ring (bicyclic) bond motifs is 2. The Labute approximate surface area is 119 Å². The summed E-state index contributed by atoms with van der Waals surface area (Å²) in [5, 5.41) is 0. The van der Waals surface area contributed by atoms with Crippen molar-refractivity contribution < 1.29 is 9.41 Å². The molecular weight excluding hydrogens is 250 g/mol. The Kier molecular flexibility index (Phi) is 3.01. The number of nitrogens with two attached hydrogens (primary N) is 1. The largest absolute Gasteiger partial charge is 0.444 e. The molecule has 0 saturated heterocycles. The average molecular weight is 270 g/mol. The van der Waals surface area contributed by atoms with Crippen LogP contribution in [0, 0.1) is 0 Å². The molecule has 0 aliphatic carbocycles. The van der Waals surface area contributed by atoms with Gasteiger partial charge in [-0.3, -0.25) is 5.84 Å². The van der Waals surface area contributed by atoms with E-state index in [9.17, 15) is 0 Å². The van der Waals surface area contributed by atoms with Crippen molar-refractivity contribution in [2.24, 2.45) is 0 Å². The van der Waals surface area contributed by atoms with Crippen LogP contribution in [0.3, 0.4) is 0 Å². The van der Waals surface area contributed by atoms with Crippen molar-refractivity contribution in [1.82, 2.24) is 0 Å². The van der Waals surface area contributed by atoms with Gasteiger partial charge in [-0.25, -0.2) is 4.90 Å². The number of benzene rings is 1. The van der Waals surface area contributed by atoms with E-state index >= 15 is 0 Å². The van der Waals surface area contributed by atoms with E-state index in [1.807, 2.05) is 30.3 Å². The molecule has 104 valence electrons. The predicted molar refractivity (Wildman–Crippen MR) is 80.0 cm³/mol. The van der Waals surface area contributed by atoms with Crippen LogP contribution in [0.1, 0.15) is 26.5 Å². The lowest BCUT2D eigenvalue weighted by atomic mass is 10.1. The third kappa shape index (κ3) is 1.80. The van der Waals surface area contributed by atoms with Gasteiger partial charge in [-0.05, 0) is 38.1 Å². The van der Waals surface area contributed by atoms with E-state index in [1.165, 1.54) is 0 Å². The molecule has 0 unspecified atom stereocenters. The van der Waals surface area contributed by atoms with E-state index in [1.54, 1.807) is 4.68 Å². The maximum atomic E-state index is 6.29. The molecule has 2 aromatic rings. The maximum absolute atomic E-state index is 6.29. The number of ether oxygens (including phenoxy) is 1. The summed E-state index contributed by atoms with van der Waals surface area (Å²) in [6, 6.07) is 12.4. The molecule has 0 bridgehead atoms. The van der Waals surface area contributed by atoms with Crippen molar-refractivity contribution in [3.8, 4) is 11.5 Å². The van der Waals surface area contributed by atoms with Crippen LogP contribution in [0.15, 0.2) is 36.4 Å². The third-order valence-corrected chi connectivity index (χ3v) is 3.64. The molecule has 2 heterocycles. The van der Waals surface area contributed by atoms with E-state index in [4.69, 9.17) is 10.6 Å². The van der Waals surface area contributed by atoms with Crippen LogP contribution >= 0.6 is 0 Å². The van der Waals surface area contributed by atoms with E-state index < -0.39 is 0 Å². The van der Waals surface area contributed by atoms with Gasteiger partial charge in [0.05, 0.1) is 6.04 Å². The quantitative estimate of drug-likeness (QED) is 0.674.